The van der Waals surface area contributed by atoms with E-state index in [1.165, 1.54) is 6.92 Å². The van der Waals surface area contributed by atoms with Crippen LogP contribution in [0.25, 0.3) is 0 Å². The highest BCUT2D eigenvalue weighted by Crippen LogP contribution is 2.25. The van der Waals surface area contributed by atoms with E-state index in [0.29, 0.717) is 0 Å². The summed E-state index contributed by atoms with van der Waals surface area (Å²) in [7, 11) is 0. The van der Waals surface area contributed by atoms with Crippen LogP contribution in [0.3, 0.4) is 0 Å². The number of nitrogens with one attached hydrogen (secondary N) is 1. The van der Waals surface area contributed by atoms with Gasteiger partial charge in [0, 0.05) is 0 Å². The summed E-state index contributed by atoms with van der Waals surface area (Å²) in [5.74, 6) is -0.827. The molecular weight excluding hydrogens is 189 g/mol. The number of nitrogens with zero attached hydrogens (tertiary/aromatic N) is 1. The number of hydrogen-bond donors (Lipinski definition) is 2. The second-order valence-electron chi connectivity index (χ2n) is 2.36. The first kappa shape index (κ1) is 9.56. The lowest BCUT2D eigenvalue weighted by molar-refractivity contribution is -0.142. The van der Waals surface area contributed by atoms with Crippen molar-refractivity contribution in [2.75, 3.05) is 0 Å². The van der Waals surface area contributed by atoms with Crippen LogP contribution in [0.1, 0.15) is 11.4 Å². The number of aromatic amines is 1. The molecule has 0 atom stereocenters. The molecule has 1 rings (SSSR count). The van der Waals surface area contributed by atoms with Gasteiger partial charge in [-0.3, -0.25) is 4.79 Å². The molecule has 0 aliphatic carbocycles. The molecule has 0 amide bonds. The molecule has 1 aromatic rings. The molecule has 0 bridgehead atoms. The van der Waals surface area contributed by atoms with Crippen LogP contribution >= 0.6 is 0 Å². The summed E-state index contributed by atoms with van der Waals surface area (Å²) in [6.45, 7) is 1.24. The minimum absolute atomic E-state index is 0.0991. The van der Waals surface area contributed by atoms with Gasteiger partial charge >= 0.3 is 6.18 Å². The number of hydrogen-bond acceptors (Lipinski definition) is 3. The van der Waals surface area contributed by atoms with E-state index in [0.717, 1.165) is 0 Å². The monoisotopic (exact) mass is 194 g/mol. The maximum absolute atomic E-state index is 12.0. The molecule has 0 aliphatic heterocycles. The largest absolute Gasteiger partial charge is 0.492 e. The second kappa shape index (κ2) is 2.75. The lowest BCUT2D eigenvalue weighted by Crippen LogP contribution is -2.24. The normalized spacial score (nSPS) is 11.7. The molecule has 1 aromatic heterocycles. The number of H-pyrrole nitrogens is 1. The Bertz CT molecular complexity index is 382. The number of aromatic nitrogens is 2. The molecule has 13 heavy (non-hydrogen) atoms. The average Bonchev–Trinajstić information content (AvgIpc) is 1.94. The molecule has 7 heteroatoms. The summed E-state index contributed by atoms with van der Waals surface area (Å²) < 4.78 is 35.9. The zero-order valence-electron chi connectivity index (χ0n) is 6.44. The fourth-order valence-electron chi connectivity index (χ4n) is 0.718. The minimum Gasteiger partial charge on any atom is -0.492 e. The Morgan fingerprint density at radius 2 is 2.00 bits per heavy atom. The topological polar surface area (TPSA) is 66.0 Å². The Balaban J connectivity index is 3.41. The summed E-state index contributed by atoms with van der Waals surface area (Å²) in [5.41, 5.74) is -3.10. The predicted molar refractivity (Wildman–Crippen MR) is 36.3 cm³/mol. The predicted octanol–water partition coefficient (Wildman–Crippen LogP) is 0.803. The molecule has 0 fully saturated rings. The summed E-state index contributed by atoms with van der Waals surface area (Å²) in [6, 6.07) is 0. The fourth-order valence-corrected chi connectivity index (χ4v) is 0.718. The van der Waals surface area contributed by atoms with Gasteiger partial charge in [-0.25, -0.2) is 4.98 Å². The highest BCUT2D eigenvalue weighted by atomic mass is 19.4. The van der Waals surface area contributed by atoms with Crippen LogP contribution in [-0.4, -0.2) is 15.1 Å². The summed E-state index contributed by atoms with van der Waals surface area (Å²) >= 11 is 0. The van der Waals surface area contributed by atoms with Crippen LogP contribution in [0.5, 0.6) is 5.88 Å². The third-order valence-corrected chi connectivity index (χ3v) is 1.34. The van der Waals surface area contributed by atoms with Gasteiger partial charge in [0.2, 0.25) is 11.6 Å². The molecule has 1 heterocycles. The second-order valence-corrected chi connectivity index (χ2v) is 2.36. The molecule has 0 saturated heterocycles. The molecule has 4 nitrogen and oxygen atoms in total. The van der Waals surface area contributed by atoms with Gasteiger partial charge in [-0.2, -0.15) is 13.2 Å². The van der Waals surface area contributed by atoms with Crippen molar-refractivity contribution in [1.29, 1.82) is 0 Å². The van der Waals surface area contributed by atoms with Crippen molar-refractivity contribution in [3.8, 4) is 5.88 Å². The minimum atomic E-state index is -4.85. The Morgan fingerprint density at radius 1 is 1.46 bits per heavy atom. The van der Waals surface area contributed by atoms with E-state index < -0.39 is 23.3 Å². The van der Waals surface area contributed by atoms with Crippen molar-refractivity contribution in [3.63, 3.8) is 0 Å². The first-order valence-corrected chi connectivity index (χ1v) is 3.19. The van der Waals surface area contributed by atoms with Crippen LogP contribution < -0.4 is 5.56 Å². The summed E-state index contributed by atoms with van der Waals surface area (Å²) in [4.78, 5) is 15.2. The average molecular weight is 194 g/mol. The third kappa shape index (κ3) is 1.79. The van der Waals surface area contributed by atoms with Gasteiger partial charge in [0.1, 0.15) is 0 Å². The van der Waals surface area contributed by atoms with E-state index in [1.54, 1.807) is 0 Å². The highest BCUT2D eigenvalue weighted by Gasteiger charge is 2.36. The standard InChI is InChI=1S/C6H5F3N2O2/c1-2-4(12)11-3(5(13)10-2)6(7,8)9/h1H3,(H,10,13)(H,11,12). The number of aryl methyl sites for hydroxylation is 1. The molecule has 0 radical (unpaired) electrons. The van der Waals surface area contributed by atoms with E-state index in [-0.39, 0.29) is 5.69 Å². The van der Waals surface area contributed by atoms with E-state index in [1.807, 2.05) is 4.98 Å². The smallest absolute Gasteiger partial charge is 0.439 e. The van der Waals surface area contributed by atoms with Crippen molar-refractivity contribution in [1.82, 2.24) is 9.97 Å². The van der Waals surface area contributed by atoms with E-state index in [4.69, 9.17) is 5.11 Å². The third-order valence-electron chi connectivity index (χ3n) is 1.34. The van der Waals surface area contributed by atoms with Gasteiger partial charge in [-0.1, -0.05) is 0 Å². The zero-order valence-corrected chi connectivity index (χ0v) is 6.44. The molecular formula is C6H5F3N2O2. The first-order valence-electron chi connectivity index (χ1n) is 3.19. The van der Waals surface area contributed by atoms with Gasteiger partial charge in [0.05, 0.1) is 5.69 Å². The van der Waals surface area contributed by atoms with Crippen molar-refractivity contribution < 1.29 is 18.3 Å². The van der Waals surface area contributed by atoms with Crippen LogP contribution in [0.2, 0.25) is 0 Å². The van der Waals surface area contributed by atoms with Gasteiger partial charge in [-0.05, 0) is 6.92 Å². The van der Waals surface area contributed by atoms with Crippen LogP contribution in [-0.2, 0) is 6.18 Å². The molecule has 72 valence electrons. The van der Waals surface area contributed by atoms with Gasteiger partial charge in [0.15, 0.2) is 0 Å². The SMILES string of the molecule is Cc1[nH]c(=O)c(C(F)(F)F)nc1O. The van der Waals surface area contributed by atoms with E-state index >= 15 is 0 Å². The molecule has 0 aliphatic rings. The highest BCUT2D eigenvalue weighted by molar-refractivity contribution is 5.18. The molecule has 0 saturated carbocycles. The first-order chi connectivity index (χ1) is 5.82. The number of aromatic hydroxyl groups is 1. The lowest BCUT2D eigenvalue weighted by atomic mass is 10.4. The van der Waals surface area contributed by atoms with Gasteiger partial charge in [-0.15, -0.1) is 0 Å². The zero-order chi connectivity index (χ0) is 10.2. The van der Waals surface area contributed by atoms with Gasteiger partial charge < -0.3 is 10.1 Å². The molecule has 0 spiro atoms. The van der Waals surface area contributed by atoms with E-state index in [2.05, 4.69) is 4.98 Å². The Kier molecular flexibility index (Phi) is 2.02. The Hall–Kier alpha value is -1.53. The van der Waals surface area contributed by atoms with Crippen molar-refractivity contribution in [2.24, 2.45) is 0 Å². The van der Waals surface area contributed by atoms with E-state index in [9.17, 15) is 18.0 Å². The van der Waals surface area contributed by atoms with Crippen molar-refractivity contribution in [3.05, 3.63) is 21.7 Å². The van der Waals surface area contributed by atoms with Crippen LogP contribution in [0, 0.1) is 6.92 Å². The lowest BCUT2D eigenvalue weighted by Gasteiger charge is -2.05. The van der Waals surface area contributed by atoms with Crippen molar-refractivity contribution >= 4 is 0 Å². The quantitative estimate of drug-likeness (QED) is 0.642. The molecule has 2 N–H and O–H groups in total. The maximum Gasteiger partial charge on any atom is 0.439 e. The van der Waals surface area contributed by atoms with Crippen LogP contribution in [0.4, 0.5) is 13.2 Å². The number of alkyl halides is 3. The summed E-state index contributed by atoms with van der Waals surface area (Å²) in [6.07, 6.45) is -4.85. The molecule has 0 aromatic carbocycles. The van der Waals surface area contributed by atoms with Gasteiger partial charge in [0.25, 0.3) is 5.56 Å². The summed E-state index contributed by atoms with van der Waals surface area (Å²) in [5, 5.41) is 8.81. The fraction of sp³-hybridized carbons (Fsp3) is 0.333. The number of rotatable bonds is 0. The maximum atomic E-state index is 12.0. The Labute approximate surface area is 70.1 Å². The Morgan fingerprint density at radius 3 is 2.46 bits per heavy atom. The van der Waals surface area contributed by atoms with Crippen molar-refractivity contribution in [2.45, 2.75) is 13.1 Å². The van der Waals surface area contributed by atoms with Crippen LogP contribution in [0.15, 0.2) is 4.79 Å². The molecule has 0 unspecified atom stereocenters. The number of halogens is 3.